The van der Waals surface area contributed by atoms with Crippen LogP contribution in [0.25, 0.3) is 0 Å². The Hall–Kier alpha value is -2.62. The molecule has 1 saturated heterocycles. The van der Waals surface area contributed by atoms with Crippen molar-refractivity contribution < 1.29 is 14.7 Å². The highest BCUT2D eigenvalue weighted by atomic mass is 16.4. The van der Waals surface area contributed by atoms with Gasteiger partial charge in [-0.1, -0.05) is 61.5 Å². The Bertz CT molecular complexity index is 775. The topological polar surface area (TPSA) is 57.6 Å². The zero-order valence-corrected chi connectivity index (χ0v) is 15.9. The van der Waals surface area contributed by atoms with E-state index < -0.39 is 11.4 Å². The number of likely N-dealkylation sites (tertiary alicyclic amines) is 1. The number of aliphatic carboxylic acids is 1. The summed E-state index contributed by atoms with van der Waals surface area (Å²) >= 11 is 0. The fraction of sp³-hybridized carbons (Fsp3) is 0.391. The first-order chi connectivity index (χ1) is 13.0. The van der Waals surface area contributed by atoms with Crippen molar-refractivity contribution in [3.8, 4) is 0 Å². The number of hydrogen-bond acceptors (Lipinski definition) is 2. The lowest BCUT2D eigenvalue weighted by molar-refractivity contribution is -0.148. The van der Waals surface area contributed by atoms with Crippen LogP contribution in [0.1, 0.15) is 42.9 Å². The molecule has 0 spiro atoms. The third-order valence-electron chi connectivity index (χ3n) is 5.76. The van der Waals surface area contributed by atoms with Crippen molar-refractivity contribution in [2.75, 3.05) is 13.1 Å². The molecule has 1 fully saturated rings. The van der Waals surface area contributed by atoms with Gasteiger partial charge in [-0.2, -0.15) is 0 Å². The van der Waals surface area contributed by atoms with Crippen molar-refractivity contribution in [2.24, 2.45) is 0 Å². The predicted molar refractivity (Wildman–Crippen MR) is 106 cm³/mol. The Kier molecular flexibility index (Phi) is 5.94. The SMILES string of the molecule is CCc1ccc(CCC(=O)N2CCC(C(=O)O)(c3ccccc3)CC2)cc1. The highest BCUT2D eigenvalue weighted by molar-refractivity contribution is 5.82. The zero-order valence-electron chi connectivity index (χ0n) is 15.9. The zero-order chi connectivity index (χ0) is 19.3. The standard InChI is InChI=1S/C23H27NO3/c1-2-18-8-10-19(11-9-18)12-13-21(25)24-16-14-23(15-17-24,22(26)27)20-6-4-3-5-7-20/h3-11H,2,12-17H2,1H3,(H,26,27). The first-order valence-corrected chi connectivity index (χ1v) is 9.69. The van der Waals surface area contributed by atoms with Crippen molar-refractivity contribution in [1.82, 2.24) is 4.90 Å². The fourth-order valence-electron chi connectivity index (χ4n) is 3.87. The summed E-state index contributed by atoms with van der Waals surface area (Å²) in [7, 11) is 0. The number of nitrogens with zero attached hydrogens (tertiary/aromatic N) is 1. The van der Waals surface area contributed by atoms with Crippen molar-refractivity contribution >= 4 is 11.9 Å². The van der Waals surface area contributed by atoms with Crippen LogP contribution in [0, 0.1) is 0 Å². The first-order valence-electron chi connectivity index (χ1n) is 9.69. The number of aryl methyl sites for hydroxylation is 2. The molecule has 0 atom stereocenters. The second-order valence-electron chi connectivity index (χ2n) is 7.30. The Balaban J connectivity index is 1.59. The Morgan fingerprint density at radius 1 is 0.963 bits per heavy atom. The van der Waals surface area contributed by atoms with Crippen LogP contribution in [0.3, 0.4) is 0 Å². The smallest absolute Gasteiger partial charge is 0.314 e. The van der Waals surface area contributed by atoms with E-state index in [-0.39, 0.29) is 5.91 Å². The molecule has 142 valence electrons. The minimum Gasteiger partial charge on any atom is -0.481 e. The molecule has 2 aromatic rings. The lowest BCUT2D eigenvalue weighted by Gasteiger charge is -2.39. The molecule has 2 aromatic carbocycles. The molecule has 27 heavy (non-hydrogen) atoms. The van der Waals surface area contributed by atoms with Gasteiger partial charge in [0, 0.05) is 19.5 Å². The van der Waals surface area contributed by atoms with E-state index in [4.69, 9.17) is 0 Å². The van der Waals surface area contributed by atoms with E-state index in [0.29, 0.717) is 32.4 Å². The van der Waals surface area contributed by atoms with Crippen LogP contribution < -0.4 is 0 Å². The average Bonchev–Trinajstić information content (AvgIpc) is 2.73. The van der Waals surface area contributed by atoms with Crippen LogP contribution in [-0.2, 0) is 27.8 Å². The Morgan fingerprint density at radius 3 is 2.11 bits per heavy atom. The monoisotopic (exact) mass is 365 g/mol. The maximum absolute atomic E-state index is 12.6. The molecule has 0 bridgehead atoms. The molecule has 0 aromatic heterocycles. The Labute approximate surface area is 160 Å². The van der Waals surface area contributed by atoms with Gasteiger partial charge in [0.25, 0.3) is 0 Å². The summed E-state index contributed by atoms with van der Waals surface area (Å²) in [5.74, 6) is -0.682. The number of carboxylic acids is 1. The molecule has 0 saturated carbocycles. The third-order valence-corrected chi connectivity index (χ3v) is 5.76. The predicted octanol–water partition coefficient (Wildman–Crippen LogP) is 3.83. The van der Waals surface area contributed by atoms with E-state index in [0.717, 1.165) is 18.4 Å². The quantitative estimate of drug-likeness (QED) is 0.846. The second-order valence-corrected chi connectivity index (χ2v) is 7.30. The summed E-state index contributed by atoms with van der Waals surface area (Å²) in [5.41, 5.74) is 2.42. The summed E-state index contributed by atoms with van der Waals surface area (Å²) in [6.07, 6.45) is 3.13. The maximum Gasteiger partial charge on any atom is 0.314 e. The van der Waals surface area contributed by atoms with E-state index in [1.165, 1.54) is 11.1 Å². The van der Waals surface area contributed by atoms with E-state index >= 15 is 0 Å². The molecule has 4 heteroatoms. The fourth-order valence-corrected chi connectivity index (χ4v) is 3.87. The van der Waals surface area contributed by atoms with E-state index in [9.17, 15) is 14.7 Å². The molecular formula is C23H27NO3. The molecule has 0 unspecified atom stereocenters. The minimum atomic E-state index is -0.881. The molecule has 1 N–H and O–H groups in total. The van der Waals surface area contributed by atoms with Crippen molar-refractivity contribution in [1.29, 1.82) is 0 Å². The van der Waals surface area contributed by atoms with Gasteiger partial charge in [0.05, 0.1) is 5.41 Å². The number of benzene rings is 2. The van der Waals surface area contributed by atoms with Crippen LogP contribution in [-0.4, -0.2) is 35.0 Å². The van der Waals surface area contributed by atoms with Crippen LogP contribution in [0.4, 0.5) is 0 Å². The van der Waals surface area contributed by atoms with Crippen molar-refractivity contribution in [3.05, 3.63) is 71.3 Å². The van der Waals surface area contributed by atoms with Crippen LogP contribution in [0.2, 0.25) is 0 Å². The maximum atomic E-state index is 12.6. The molecule has 1 aliphatic rings. The summed E-state index contributed by atoms with van der Waals surface area (Å²) in [6, 6.07) is 17.8. The van der Waals surface area contributed by atoms with Crippen LogP contribution in [0.15, 0.2) is 54.6 Å². The molecule has 0 aliphatic carbocycles. The molecule has 3 rings (SSSR count). The van der Waals surface area contributed by atoms with Gasteiger partial charge in [-0.15, -0.1) is 0 Å². The summed E-state index contributed by atoms with van der Waals surface area (Å²) in [6.45, 7) is 3.12. The summed E-state index contributed by atoms with van der Waals surface area (Å²) in [4.78, 5) is 26.4. The lowest BCUT2D eigenvalue weighted by atomic mass is 9.73. The number of carbonyl (C=O) groups is 2. The number of piperidine rings is 1. The molecule has 1 heterocycles. The van der Waals surface area contributed by atoms with Gasteiger partial charge in [0.2, 0.25) is 5.91 Å². The van der Waals surface area contributed by atoms with Crippen molar-refractivity contribution in [2.45, 2.75) is 44.4 Å². The van der Waals surface area contributed by atoms with Gasteiger partial charge in [0.15, 0.2) is 0 Å². The number of rotatable bonds is 6. The van der Waals surface area contributed by atoms with Gasteiger partial charge in [-0.3, -0.25) is 9.59 Å². The van der Waals surface area contributed by atoms with E-state index in [2.05, 4.69) is 31.2 Å². The lowest BCUT2D eigenvalue weighted by Crippen LogP contribution is -2.49. The Morgan fingerprint density at radius 2 is 1.56 bits per heavy atom. The third kappa shape index (κ3) is 4.21. The van der Waals surface area contributed by atoms with E-state index in [1.807, 2.05) is 35.2 Å². The molecular weight excluding hydrogens is 338 g/mol. The number of hydrogen-bond donors (Lipinski definition) is 1. The van der Waals surface area contributed by atoms with Gasteiger partial charge >= 0.3 is 5.97 Å². The number of carbonyl (C=O) groups excluding carboxylic acids is 1. The van der Waals surface area contributed by atoms with Crippen LogP contribution >= 0.6 is 0 Å². The highest BCUT2D eigenvalue weighted by Crippen LogP contribution is 2.36. The molecule has 0 radical (unpaired) electrons. The molecule has 1 amide bonds. The average molecular weight is 365 g/mol. The normalized spacial score (nSPS) is 16.1. The molecule has 1 aliphatic heterocycles. The van der Waals surface area contributed by atoms with Crippen LogP contribution in [0.5, 0.6) is 0 Å². The van der Waals surface area contributed by atoms with Crippen molar-refractivity contribution in [3.63, 3.8) is 0 Å². The van der Waals surface area contributed by atoms with Gasteiger partial charge in [0.1, 0.15) is 0 Å². The summed E-state index contributed by atoms with van der Waals surface area (Å²) < 4.78 is 0. The van der Waals surface area contributed by atoms with E-state index in [1.54, 1.807) is 0 Å². The summed E-state index contributed by atoms with van der Waals surface area (Å²) in [5, 5.41) is 9.86. The van der Waals surface area contributed by atoms with Gasteiger partial charge in [-0.05, 0) is 42.4 Å². The number of amides is 1. The van der Waals surface area contributed by atoms with Gasteiger partial charge < -0.3 is 10.0 Å². The largest absolute Gasteiger partial charge is 0.481 e. The first kappa shape index (κ1) is 19.2. The highest BCUT2D eigenvalue weighted by Gasteiger charge is 2.43. The molecule has 4 nitrogen and oxygen atoms in total. The minimum absolute atomic E-state index is 0.113. The van der Waals surface area contributed by atoms with Gasteiger partial charge in [-0.25, -0.2) is 0 Å². The second kappa shape index (κ2) is 8.38. The number of carboxylic acid groups (broad SMARTS) is 1.